The number of carbonyl (C=O) groups is 3. The quantitative estimate of drug-likeness (QED) is 0.491. The molecule has 2 N–H and O–H groups in total. The average Bonchev–Trinajstić information content (AvgIpc) is 3.46. The molecule has 0 saturated carbocycles. The van der Waals surface area contributed by atoms with Crippen LogP contribution in [0.2, 0.25) is 0 Å². The number of para-hydroxylation sites is 2. The Bertz CT molecular complexity index is 1380. The molecule has 160 valence electrons. The molecule has 3 aromatic heterocycles. The van der Waals surface area contributed by atoms with Gasteiger partial charge in [-0.3, -0.25) is 19.0 Å². The molecule has 1 aromatic carbocycles. The molecule has 0 aliphatic carbocycles. The lowest BCUT2D eigenvalue weighted by Gasteiger charge is -2.18. The highest BCUT2D eigenvalue weighted by molar-refractivity contribution is 7.13. The number of rotatable bonds is 4. The van der Waals surface area contributed by atoms with Gasteiger partial charge in [0.2, 0.25) is 5.91 Å². The summed E-state index contributed by atoms with van der Waals surface area (Å²) < 4.78 is 1.48. The van der Waals surface area contributed by atoms with E-state index in [9.17, 15) is 14.4 Å². The number of nitrogens with one attached hydrogen (secondary N) is 2. The van der Waals surface area contributed by atoms with Crippen molar-refractivity contribution < 1.29 is 14.4 Å². The lowest BCUT2D eigenvalue weighted by molar-refractivity contribution is -0.116. The molecule has 1 aliphatic rings. The summed E-state index contributed by atoms with van der Waals surface area (Å²) in [6.45, 7) is 1.78. The summed E-state index contributed by atoms with van der Waals surface area (Å²) in [5, 5.41) is 6.11. The number of hydrogen-bond donors (Lipinski definition) is 2. The Morgan fingerprint density at radius 1 is 1.16 bits per heavy atom. The molecule has 5 rings (SSSR count). The fraction of sp³-hybridized carbons (Fsp3) is 0.190. The molecular formula is C21H17N7O3S. The molecule has 1 atom stereocenters. The number of fused-ring (bicyclic) bond motifs is 2. The van der Waals surface area contributed by atoms with Gasteiger partial charge < -0.3 is 10.6 Å². The summed E-state index contributed by atoms with van der Waals surface area (Å²) in [7, 11) is 0. The molecule has 32 heavy (non-hydrogen) atoms. The highest BCUT2D eigenvalue weighted by Crippen LogP contribution is 2.25. The third-order valence-electron chi connectivity index (χ3n) is 5.15. The minimum absolute atomic E-state index is 0.137. The van der Waals surface area contributed by atoms with E-state index < -0.39 is 11.9 Å². The van der Waals surface area contributed by atoms with E-state index in [1.165, 1.54) is 34.8 Å². The van der Waals surface area contributed by atoms with E-state index >= 15 is 0 Å². The highest BCUT2D eigenvalue weighted by atomic mass is 32.1. The lowest BCUT2D eigenvalue weighted by Crippen LogP contribution is -2.30. The van der Waals surface area contributed by atoms with Crippen LogP contribution in [0.5, 0.6) is 0 Å². The molecule has 2 amide bonds. The van der Waals surface area contributed by atoms with E-state index in [0.29, 0.717) is 27.7 Å². The van der Waals surface area contributed by atoms with Crippen LogP contribution >= 0.6 is 11.3 Å². The van der Waals surface area contributed by atoms with Crippen molar-refractivity contribution in [3.05, 3.63) is 64.3 Å². The van der Waals surface area contributed by atoms with Crippen LogP contribution in [0.15, 0.2) is 43.1 Å². The van der Waals surface area contributed by atoms with Crippen LogP contribution in [0.4, 0.5) is 5.82 Å². The fourth-order valence-corrected chi connectivity index (χ4v) is 4.40. The van der Waals surface area contributed by atoms with E-state index in [4.69, 9.17) is 0 Å². The maximum atomic E-state index is 12.9. The van der Waals surface area contributed by atoms with Gasteiger partial charge in [-0.25, -0.2) is 19.9 Å². The largest absolute Gasteiger partial charge is 0.342 e. The van der Waals surface area contributed by atoms with Gasteiger partial charge in [-0.1, -0.05) is 12.1 Å². The highest BCUT2D eigenvalue weighted by Gasteiger charge is 2.25. The summed E-state index contributed by atoms with van der Waals surface area (Å²) in [6.07, 6.45) is 4.92. The Morgan fingerprint density at radius 3 is 2.88 bits per heavy atom. The van der Waals surface area contributed by atoms with Gasteiger partial charge in [0.1, 0.15) is 34.1 Å². The predicted molar refractivity (Wildman–Crippen MR) is 116 cm³/mol. The van der Waals surface area contributed by atoms with Crippen LogP contribution in [0.3, 0.4) is 0 Å². The van der Waals surface area contributed by atoms with E-state index in [1.54, 1.807) is 6.92 Å². The second-order valence-electron chi connectivity index (χ2n) is 7.26. The van der Waals surface area contributed by atoms with E-state index in [1.807, 2.05) is 24.3 Å². The maximum Gasteiger partial charge on any atom is 0.275 e. The first-order valence-electron chi connectivity index (χ1n) is 9.88. The van der Waals surface area contributed by atoms with Crippen molar-refractivity contribution in [2.45, 2.75) is 25.8 Å². The normalized spacial score (nSPS) is 14.0. The molecule has 11 heteroatoms. The summed E-state index contributed by atoms with van der Waals surface area (Å²) in [4.78, 5) is 54.5. The SMILES string of the molecule is C[C@@H](NC(=O)c1ncnc2c1CCC(=O)N2)c1ncc(C(=O)n2cnc3ccccc32)s1. The van der Waals surface area contributed by atoms with Crippen molar-refractivity contribution in [3.63, 3.8) is 0 Å². The topological polar surface area (TPSA) is 132 Å². The second kappa shape index (κ2) is 7.93. The molecule has 0 spiro atoms. The van der Waals surface area contributed by atoms with Gasteiger partial charge >= 0.3 is 0 Å². The van der Waals surface area contributed by atoms with Gasteiger partial charge in [0.25, 0.3) is 11.8 Å². The molecule has 0 bridgehead atoms. The molecule has 10 nitrogen and oxygen atoms in total. The molecule has 1 aliphatic heterocycles. The first-order valence-corrected chi connectivity index (χ1v) is 10.7. The van der Waals surface area contributed by atoms with Gasteiger partial charge in [0, 0.05) is 12.0 Å². The van der Waals surface area contributed by atoms with Crippen molar-refractivity contribution in [3.8, 4) is 0 Å². The zero-order chi connectivity index (χ0) is 22.2. The van der Waals surface area contributed by atoms with Crippen LogP contribution in [0.25, 0.3) is 11.0 Å². The Balaban J connectivity index is 1.34. The molecule has 0 saturated heterocycles. The number of anilines is 1. The molecular weight excluding hydrogens is 430 g/mol. The van der Waals surface area contributed by atoms with Gasteiger partial charge in [-0.15, -0.1) is 11.3 Å². The Kier molecular flexibility index (Phi) is 4.94. The van der Waals surface area contributed by atoms with Gasteiger partial charge in [-0.2, -0.15) is 0 Å². The van der Waals surface area contributed by atoms with Crippen molar-refractivity contribution in [2.75, 3.05) is 5.32 Å². The predicted octanol–water partition coefficient (Wildman–Crippen LogP) is 2.35. The van der Waals surface area contributed by atoms with Crippen LogP contribution in [-0.2, 0) is 11.2 Å². The van der Waals surface area contributed by atoms with Crippen molar-refractivity contribution in [1.82, 2.24) is 29.8 Å². The van der Waals surface area contributed by atoms with Crippen LogP contribution in [0, 0.1) is 0 Å². The van der Waals surface area contributed by atoms with Crippen molar-refractivity contribution in [2.24, 2.45) is 0 Å². The van der Waals surface area contributed by atoms with Crippen LogP contribution < -0.4 is 10.6 Å². The van der Waals surface area contributed by atoms with Crippen LogP contribution in [0.1, 0.15) is 50.1 Å². The smallest absolute Gasteiger partial charge is 0.275 e. The number of amides is 2. The zero-order valence-corrected chi connectivity index (χ0v) is 17.7. The second-order valence-corrected chi connectivity index (χ2v) is 8.33. The number of aromatic nitrogens is 5. The summed E-state index contributed by atoms with van der Waals surface area (Å²) >= 11 is 1.21. The number of nitrogens with zero attached hydrogens (tertiary/aromatic N) is 5. The fourth-order valence-electron chi connectivity index (χ4n) is 3.54. The Labute approximate surface area is 185 Å². The number of benzene rings is 1. The summed E-state index contributed by atoms with van der Waals surface area (Å²) in [6, 6.07) is 6.93. The first kappa shape index (κ1) is 19.9. The lowest BCUT2D eigenvalue weighted by atomic mass is 10.0. The van der Waals surface area contributed by atoms with E-state index in [2.05, 4.69) is 30.6 Å². The zero-order valence-electron chi connectivity index (χ0n) is 16.9. The van der Waals surface area contributed by atoms with E-state index in [-0.39, 0.29) is 23.9 Å². The molecule has 0 unspecified atom stereocenters. The first-order chi connectivity index (χ1) is 15.5. The number of hydrogen-bond acceptors (Lipinski definition) is 8. The van der Waals surface area contributed by atoms with Crippen LogP contribution in [-0.4, -0.2) is 42.2 Å². The van der Waals surface area contributed by atoms with Gasteiger partial charge in [0.05, 0.1) is 23.3 Å². The molecule has 0 fully saturated rings. The molecule has 4 aromatic rings. The van der Waals surface area contributed by atoms with Gasteiger partial charge in [-0.05, 0) is 25.5 Å². The number of thiazole rings is 1. The number of imidazole rings is 1. The standard InChI is InChI=1S/C21H17N7O3S/c1-11(26-19(30)17-12-6-7-16(29)27-18(12)24-9-23-17)20-22-8-15(32-20)21(31)28-10-25-13-4-2-3-5-14(13)28/h2-5,8-11H,6-7H2,1H3,(H,26,30)(H,23,24,27,29)/t11-/m1/s1. The average molecular weight is 447 g/mol. The summed E-state index contributed by atoms with van der Waals surface area (Å²) in [5.41, 5.74) is 2.28. The summed E-state index contributed by atoms with van der Waals surface area (Å²) in [5.74, 6) is -0.400. The Hall–Kier alpha value is -3.99. The third-order valence-corrected chi connectivity index (χ3v) is 6.31. The monoisotopic (exact) mass is 447 g/mol. The molecule has 4 heterocycles. The third kappa shape index (κ3) is 3.52. The van der Waals surface area contributed by atoms with E-state index in [0.717, 1.165) is 11.0 Å². The van der Waals surface area contributed by atoms with Crippen molar-refractivity contribution in [1.29, 1.82) is 0 Å². The van der Waals surface area contributed by atoms with Gasteiger partial charge in [0.15, 0.2) is 0 Å². The maximum absolute atomic E-state index is 12.9. The number of carbonyl (C=O) groups excluding carboxylic acids is 3. The minimum atomic E-state index is -0.447. The minimum Gasteiger partial charge on any atom is -0.342 e. The van der Waals surface area contributed by atoms with Crippen molar-refractivity contribution >= 4 is 45.9 Å². The Morgan fingerprint density at radius 2 is 2.00 bits per heavy atom. The molecule has 0 radical (unpaired) electrons.